The standard InChI is InChI=1S/C16H9F6IO2/c1-25-14(24)8-2-3-12(13(23)6-8)9-4-10(15(17,18)19)7-11(5-9)16(20,21)22/h2-7H,1H3. The van der Waals surface area contributed by atoms with Crippen molar-refractivity contribution < 1.29 is 35.9 Å². The van der Waals surface area contributed by atoms with E-state index >= 15 is 0 Å². The molecule has 2 aromatic carbocycles. The quantitative estimate of drug-likeness (QED) is 0.314. The Hall–Kier alpha value is -1.78. The van der Waals surface area contributed by atoms with Crippen molar-refractivity contribution in [2.45, 2.75) is 12.4 Å². The van der Waals surface area contributed by atoms with E-state index < -0.39 is 29.4 Å². The first kappa shape index (κ1) is 19.5. The first-order valence-electron chi connectivity index (χ1n) is 6.61. The molecule has 0 aliphatic rings. The molecule has 0 aliphatic heterocycles. The van der Waals surface area contributed by atoms with Crippen LogP contribution in [-0.2, 0) is 17.1 Å². The molecule has 0 aliphatic carbocycles. The lowest BCUT2D eigenvalue weighted by molar-refractivity contribution is -0.143. The Morgan fingerprint density at radius 3 is 1.84 bits per heavy atom. The molecule has 0 bridgehead atoms. The normalized spacial score (nSPS) is 12.2. The average Bonchev–Trinajstić information content (AvgIpc) is 2.51. The first-order valence-corrected chi connectivity index (χ1v) is 7.69. The van der Waals surface area contributed by atoms with Gasteiger partial charge >= 0.3 is 18.3 Å². The molecule has 2 rings (SSSR count). The van der Waals surface area contributed by atoms with Crippen LogP contribution in [0.2, 0.25) is 0 Å². The molecule has 134 valence electrons. The minimum absolute atomic E-state index is 0.0686. The molecule has 0 saturated heterocycles. The number of methoxy groups -OCH3 is 1. The zero-order valence-corrected chi connectivity index (χ0v) is 14.6. The second-order valence-corrected chi connectivity index (χ2v) is 6.14. The number of hydrogen-bond acceptors (Lipinski definition) is 2. The van der Waals surface area contributed by atoms with Crippen LogP contribution < -0.4 is 0 Å². The number of ether oxygens (including phenoxy) is 1. The van der Waals surface area contributed by atoms with E-state index in [0.29, 0.717) is 15.7 Å². The van der Waals surface area contributed by atoms with E-state index in [1.165, 1.54) is 18.2 Å². The van der Waals surface area contributed by atoms with E-state index in [1.54, 1.807) is 22.6 Å². The highest BCUT2D eigenvalue weighted by Gasteiger charge is 2.37. The first-order chi connectivity index (χ1) is 11.4. The van der Waals surface area contributed by atoms with Gasteiger partial charge in [0.15, 0.2) is 0 Å². The maximum Gasteiger partial charge on any atom is 0.416 e. The van der Waals surface area contributed by atoms with Gasteiger partial charge < -0.3 is 4.74 Å². The van der Waals surface area contributed by atoms with Crippen molar-refractivity contribution in [1.29, 1.82) is 0 Å². The number of carbonyl (C=O) groups is 1. The topological polar surface area (TPSA) is 26.3 Å². The third-order valence-electron chi connectivity index (χ3n) is 3.29. The summed E-state index contributed by atoms with van der Waals surface area (Å²) in [6, 6.07) is 5.24. The van der Waals surface area contributed by atoms with Crippen molar-refractivity contribution in [1.82, 2.24) is 0 Å². The van der Waals surface area contributed by atoms with Crippen LogP contribution in [-0.4, -0.2) is 13.1 Å². The number of alkyl halides is 6. The Kier molecular flexibility index (Phi) is 5.35. The van der Waals surface area contributed by atoms with Crippen molar-refractivity contribution >= 4 is 28.6 Å². The molecule has 0 saturated carbocycles. The van der Waals surface area contributed by atoms with E-state index in [4.69, 9.17) is 0 Å². The molecule has 0 fully saturated rings. The van der Waals surface area contributed by atoms with Gasteiger partial charge in [-0.05, 0) is 64.0 Å². The summed E-state index contributed by atoms with van der Waals surface area (Å²) in [5.41, 5.74) is -2.76. The summed E-state index contributed by atoms with van der Waals surface area (Å²) in [5.74, 6) is -0.663. The van der Waals surface area contributed by atoms with Gasteiger partial charge in [0.05, 0.1) is 23.8 Å². The molecule has 0 heterocycles. The number of rotatable bonds is 2. The number of halogens is 7. The smallest absolute Gasteiger partial charge is 0.416 e. The molecule has 9 heteroatoms. The molecular formula is C16H9F6IO2. The van der Waals surface area contributed by atoms with Crippen molar-refractivity contribution in [2.24, 2.45) is 0 Å². The van der Waals surface area contributed by atoms with Crippen LogP contribution in [0.15, 0.2) is 36.4 Å². The molecule has 0 amide bonds. The Bertz CT molecular complexity index is 779. The summed E-state index contributed by atoms with van der Waals surface area (Å²) in [5, 5.41) is 0. The van der Waals surface area contributed by atoms with Gasteiger partial charge in [0, 0.05) is 3.57 Å². The van der Waals surface area contributed by atoms with Gasteiger partial charge in [0.25, 0.3) is 0 Å². The van der Waals surface area contributed by atoms with Crippen LogP contribution in [0.1, 0.15) is 21.5 Å². The lowest BCUT2D eigenvalue weighted by atomic mass is 9.98. The Labute approximate surface area is 151 Å². The van der Waals surface area contributed by atoms with Crippen molar-refractivity contribution in [3.05, 3.63) is 56.7 Å². The largest absolute Gasteiger partial charge is 0.465 e. The number of esters is 1. The van der Waals surface area contributed by atoms with E-state index in [1.807, 2.05) is 0 Å². The Balaban J connectivity index is 2.64. The molecule has 2 nitrogen and oxygen atoms in total. The Morgan fingerprint density at radius 2 is 1.44 bits per heavy atom. The summed E-state index contributed by atoms with van der Waals surface area (Å²) in [6.45, 7) is 0. The number of benzene rings is 2. The maximum absolute atomic E-state index is 12.9. The lowest BCUT2D eigenvalue weighted by Gasteiger charge is -2.15. The molecule has 25 heavy (non-hydrogen) atoms. The SMILES string of the molecule is COC(=O)c1ccc(-c2cc(C(F)(F)F)cc(C(F)(F)F)c2)c(I)c1. The fourth-order valence-corrected chi connectivity index (χ4v) is 2.93. The van der Waals surface area contributed by atoms with Gasteiger partial charge in [-0.25, -0.2) is 4.79 Å². The predicted molar refractivity (Wildman–Crippen MR) is 85.9 cm³/mol. The van der Waals surface area contributed by atoms with Gasteiger partial charge in [-0.2, -0.15) is 26.3 Å². The van der Waals surface area contributed by atoms with E-state index in [0.717, 1.165) is 7.11 Å². The maximum atomic E-state index is 12.9. The van der Waals surface area contributed by atoms with E-state index in [9.17, 15) is 31.1 Å². The summed E-state index contributed by atoms with van der Waals surface area (Å²) in [6.07, 6.45) is -9.85. The van der Waals surface area contributed by atoms with Crippen LogP contribution in [0, 0.1) is 3.57 Å². The molecule has 0 spiro atoms. The van der Waals surface area contributed by atoms with E-state index in [2.05, 4.69) is 4.74 Å². The number of carbonyl (C=O) groups excluding carboxylic acids is 1. The zero-order chi connectivity index (χ0) is 19.0. The molecule has 2 aromatic rings. The van der Waals surface area contributed by atoms with Gasteiger partial charge in [-0.15, -0.1) is 0 Å². The van der Waals surface area contributed by atoms with Crippen molar-refractivity contribution in [2.75, 3.05) is 7.11 Å². The second kappa shape index (κ2) is 6.85. The van der Waals surface area contributed by atoms with Gasteiger partial charge in [0.2, 0.25) is 0 Å². The Morgan fingerprint density at radius 1 is 0.920 bits per heavy atom. The van der Waals surface area contributed by atoms with Crippen LogP contribution in [0.25, 0.3) is 11.1 Å². The highest BCUT2D eigenvalue weighted by atomic mass is 127. The van der Waals surface area contributed by atoms with Gasteiger partial charge in [-0.3, -0.25) is 0 Å². The highest BCUT2D eigenvalue weighted by Crippen LogP contribution is 2.39. The molecule has 0 aromatic heterocycles. The second-order valence-electron chi connectivity index (χ2n) is 4.98. The summed E-state index contributed by atoms with van der Waals surface area (Å²) in [7, 11) is 1.16. The van der Waals surface area contributed by atoms with Gasteiger partial charge in [-0.1, -0.05) is 6.07 Å². The van der Waals surface area contributed by atoms with Crippen LogP contribution in [0.5, 0.6) is 0 Å². The summed E-state index contributed by atoms with van der Waals surface area (Å²) < 4.78 is 82.5. The van der Waals surface area contributed by atoms with Gasteiger partial charge in [0.1, 0.15) is 0 Å². The molecule has 0 N–H and O–H groups in total. The highest BCUT2D eigenvalue weighted by molar-refractivity contribution is 14.1. The molecule has 0 radical (unpaired) electrons. The van der Waals surface area contributed by atoms with Crippen LogP contribution >= 0.6 is 22.6 Å². The monoisotopic (exact) mass is 474 g/mol. The fraction of sp³-hybridized carbons (Fsp3) is 0.188. The van der Waals surface area contributed by atoms with Crippen molar-refractivity contribution in [3.8, 4) is 11.1 Å². The average molecular weight is 474 g/mol. The minimum atomic E-state index is -4.92. The number of hydrogen-bond donors (Lipinski definition) is 0. The zero-order valence-electron chi connectivity index (χ0n) is 12.4. The molecule has 0 unspecified atom stereocenters. The molecular weight excluding hydrogens is 465 g/mol. The van der Waals surface area contributed by atoms with Crippen molar-refractivity contribution in [3.63, 3.8) is 0 Å². The van der Waals surface area contributed by atoms with E-state index in [-0.39, 0.29) is 22.8 Å². The third-order valence-corrected chi connectivity index (χ3v) is 4.18. The molecule has 0 atom stereocenters. The predicted octanol–water partition coefficient (Wildman–Crippen LogP) is 5.78. The third kappa shape index (κ3) is 4.44. The van der Waals surface area contributed by atoms with Crippen LogP contribution in [0.4, 0.5) is 26.3 Å². The lowest BCUT2D eigenvalue weighted by Crippen LogP contribution is -2.11. The summed E-state index contributed by atoms with van der Waals surface area (Å²) >= 11 is 1.73. The van der Waals surface area contributed by atoms with Crippen LogP contribution in [0.3, 0.4) is 0 Å². The summed E-state index contributed by atoms with van der Waals surface area (Å²) in [4.78, 5) is 11.5. The fourth-order valence-electron chi connectivity index (χ4n) is 2.10. The minimum Gasteiger partial charge on any atom is -0.465 e.